The number of aryl methyl sites for hydroxylation is 2. The van der Waals surface area contributed by atoms with Gasteiger partial charge in [0.05, 0.1) is 6.33 Å². The van der Waals surface area contributed by atoms with Crippen molar-refractivity contribution in [3.8, 4) is 0 Å². The molecule has 3 rings (SSSR count). The summed E-state index contributed by atoms with van der Waals surface area (Å²) in [5, 5.41) is 0.0278. The number of hydrogen-bond donors (Lipinski definition) is 0. The van der Waals surface area contributed by atoms with Crippen molar-refractivity contribution >= 4 is 33.0 Å². The average Bonchev–Trinajstić information content (AvgIpc) is 3.18. The van der Waals surface area contributed by atoms with Crippen molar-refractivity contribution < 1.29 is 8.42 Å². The first-order valence-corrected chi connectivity index (χ1v) is 10.8. The smallest absolute Gasteiger partial charge is 0.264 e. The Bertz CT molecular complexity index is 981. The van der Waals surface area contributed by atoms with Gasteiger partial charge in [-0.05, 0) is 31.0 Å². The number of sulfonamides is 1. The zero-order valence-corrected chi connectivity index (χ0v) is 17.0. The third-order valence-electron chi connectivity index (χ3n) is 4.04. The lowest BCUT2D eigenvalue weighted by Gasteiger charge is -2.21. The first kappa shape index (κ1) is 19.1. The van der Waals surface area contributed by atoms with Crippen LogP contribution in [0.25, 0.3) is 0 Å². The summed E-state index contributed by atoms with van der Waals surface area (Å²) in [6.45, 7) is 2.67. The summed E-state index contributed by atoms with van der Waals surface area (Å²) < 4.78 is 29.3. The second kappa shape index (κ2) is 7.92. The molecule has 26 heavy (non-hydrogen) atoms. The van der Waals surface area contributed by atoms with Crippen LogP contribution in [0.1, 0.15) is 15.3 Å². The molecular formula is C18H20ClN3O2S2. The van der Waals surface area contributed by atoms with Gasteiger partial charge in [-0.3, -0.25) is 0 Å². The topological polar surface area (TPSA) is 55.2 Å². The number of thiophene rings is 1. The molecule has 0 radical (unpaired) electrons. The summed E-state index contributed by atoms with van der Waals surface area (Å²) in [5.74, 6) is 0. The molecule has 3 aromatic rings. The van der Waals surface area contributed by atoms with Crippen molar-refractivity contribution in [1.29, 1.82) is 0 Å². The predicted octanol–water partition coefficient (Wildman–Crippen LogP) is 3.88. The second-order valence-electron chi connectivity index (χ2n) is 6.04. The Morgan fingerprint density at radius 3 is 2.50 bits per heavy atom. The first-order chi connectivity index (χ1) is 12.4. The number of halogens is 1. The van der Waals surface area contributed by atoms with Crippen LogP contribution < -0.4 is 0 Å². The van der Waals surface area contributed by atoms with Gasteiger partial charge in [-0.1, -0.05) is 41.9 Å². The molecule has 0 fully saturated rings. The molecule has 0 N–H and O–H groups in total. The normalized spacial score (nSPS) is 12.0. The fourth-order valence-corrected chi connectivity index (χ4v) is 5.41. The van der Waals surface area contributed by atoms with E-state index in [0.29, 0.717) is 19.5 Å². The molecule has 0 aliphatic rings. The van der Waals surface area contributed by atoms with Gasteiger partial charge in [-0.15, -0.1) is 11.3 Å². The fraction of sp³-hybridized carbons (Fsp3) is 0.278. The largest absolute Gasteiger partial charge is 0.324 e. The Kier molecular flexibility index (Phi) is 5.82. The van der Waals surface area contributed by atoms with Gasteiger partial charge in [0.15, 0.2) is 0 Å². The van der Waals surface area contributed by atoms with E-state index in [2.05, 4.69) is 4.98 Å². The summed E-state index contributed by atoms with van der Waals surface area (Å²) in [5.41, 5.74) is 1.09. The third-order valence-corrected chi connectivity index (χ3v) is 7.36. The standard InChI is InChI=1S/C18H20ClN3O2S2/c1-14-8-9-16(25-14)12-22(11-10-15-6-4-3-5-7-15)26(23,24)18-17(19)21(2)13-20-18/h3-9,13H,10-12H2,1-2H3. The maximum Gasteiger partial charge on any atom is 0.264 e. The maximum atomic E-state index is 13.2. The summed E-state index contributed by atoms with van der Waals surface area (Å²) >= 11 is 7.75. The van der Waals surface area contributed by atoms with E-state index < -0.39 is 10.0 Å². The van der Waals surface area contributed by atoms with Gasteiger partial charge in [0.25, 0.3) is 10.0 Å². The molecule has 0 saturated carbocycles. The molecule has 2 heterocycles. The molecule has 0 saturated heterocycles. The van der Waals surface area contributed by atoms with Gasteiger partial charge in [-0.25, -0.2) is 13.4 Å². The van der Waals surface area contributed by atoms with Gasteiger partial charge in [0, 0.05) is 29.9 Å². The van der Waals surface area contributed by atoms with E-state index in [1.165, 1.54) is 15.2 Å². The van der Waals surface area contributed by atoms with Crippen LogP contribution in [0.5, 0.6) is 0 Å². The highest BCUT2D eigenvalue weighted by atomic mass is 35.5. The number of rotatable bonds is 7. The molecule has 1 aromatic carbocycles. The van der Waals surface area contributed by atoms with E-state index >= 15 is 0 Å². The zero-order valence-electron chi connectivity index (χ0n) is 14.6. The SMILES string of the molecule is Cc1ccc(CN(CCc2ccccc2)S(=O)(=O)c2ncn(C)c2Cl)s1. The molecule has 5 nitrogen and oxygen atoms in total. The van der Waals surface area contributed by atoms with Gasteiger partial charge >= 0.3 is 0 Å². The van der Waals surface area contributed by atoms with Crippen LogP contribution in [0.3, 0.4) is 0 Å². The Balaban J connectivity index is 1.89. The molecule has 8 heteroatoms. The Hall–Kier alpha value is -1.67. The lowest BCUT2D eigenvalue weighted by molar-refractivity contribution is 0.410. The Morgan fingerprint density at radius 1 is 1.19 bits per heavy atom. The molecule has 0 amide bonds. The second-order valence-corrected chi connectivity index (χ2v) is 9.62. The zero-order chi connectivity index (χ0) is 18.7. The van der Waals surface area contributed by atoms with Crippen molar-refractivity contribution in [3.05, 3.63) is 69.3 Å². The Labute approximate surface area is 162 Å². The van der Waals surface area contributed by atoms with Crippen LogP contribution in [0.15, 0.2) is 53.8 Å². The molecule has 0 bridgehead atoms. The van der Waals surface area contributed by atoms with E-state index in [9.17, 15) is 8.42 Å². The summed E-state index contributed by atoms with van der Waals surface area (Å²) in [7, 11) is -2.12. The summed E-state index contributed by atoms with van der Waals surface area (Å²) in [4.78, 5) is 6.16. The maximum absolute atomic E-state index is 13.2. The molecular weight excluding hydrogens is 390 g/mol. The molecule has 0 atom stereocenters. The van der Waals surface area contributed by atoms with Crippen LogP contribution in [-0.4, -0.2) is 28.8 Å². The Morgan fingerprint density at radius 2 is 1.92 bits per heavy atom. The predicted molar refractivity (Wildman–Crippen MR) is 105 cm³/mol. The van der Waals surface area contributed by atoms with Gasteiger partial charge in [0.2, 0.25) is 5.03 Å². The highest BCUT2D eigenvalue weighted by Crippen LogP contribution is 2.26. The minimum atomic E-state index is -3.79. The van der Waals surface area contributed by atoms with E-state index in [-0.39, 0.29) is 10.2 Å². The van der Waals surface area contributed by atoms with Gasteiger partial charge in [-0.2, -0.15) is 4.31 Å². The minimum Gasteiger partial charge on any atom is -0.324 e. The molecule has 0 aliphatic carbocycles. The van der Waals surface area contributed by atoms with Crippen molar-refractivity contribution in [1.82, 2.24) is 13.9 Å². The van der Waals surface area contributed by atoms with Crippen LogP contribution >= 0.6 is 22.9 Å². The highest BCUT2D eigenvalue weighted by molar-refractivity contribution is 7.89. The number of nitrogens with zero attached hydrogens (tertiary/aromatic N) is 3. The molecule has 138 valence electrons. The van der Waals surface area contributed by atoms with Crippen molar-refractivity contribution in [2.75, 3.05) is 6.54 Å². The van der Waals surface area contributed by atoms with Crippen molar-refractivity contribution in [3.63, 3.8) is 0 Å². The number of benzene rings is 1. The molecule has 0 unspecified atom stereocenters. The van der Waals surface area contributed by atoms with E-state index in [1.54, 1.807) is 18.4 Å². The molecule has 0 spiro atoms. The summed E-state index contributed by atoms with van der Waals surface area (Å²) in [6.07, 6.45) is 2.04. The van der Waals surface area contributed by atoms with Crippen molar-refractivity contribution in [2.24, 2.45) is 7.05 Å². The van der Waals surface area contributed by atoms with Crippen LogP contribution in [-0.2, 0) is 30.0 Å². The van der Waals surface area contributed by atoms with E-state index in [0.717, 1.165) is 15.3 Å². The fourth-order valence-electron chi connectivity index (χ4n) is 2.62. The third kappa shape index (κ3) is 4.17. The lowest BCUT2D eigenvalue weighted by Crippen LogP contribution is -2.32. The molecule has 0 aliphatic heterocycles. The minimum absolute atomic E-state index is 0.0944. The average molecular weight is 410 g/mol. The van der Waals surface area contributed by atoms with E-state index in [1.807, 2.05) is 49.4 Å². The highest BCUT2D eigenvalue weighted by Gasteiger charge is 2.30. The monoisotopic (exact) mass is 409 g/mol. The lowest BCUT2D eigenvalue weighted by atomic mass is 10.1. The van der Waals surface area contributed by atoms with Gasteiger partial charge < -0.3 is 4.57 Å². The van der Waals surface area contributed by atoms with Crippen molar-refractivity contribution in [2.45, 2.75) is 24.9 Å². The van der Waals surface area contributed by atoms with Crippen LogP contribution in [0.2, 0.25) is 5.15 Å². The van der Waals surface area contributed by atoms with Gasteiger partial charge in [0.1, 0.15) is 5.15 Å². The number of hydrogen-bond acceptors (Lipinski definition) is 4. The van der Waals surface area contributed by atoms with Crippen LogP contribution in [0, 0.1) is 6.92 Å². The van der Waals surface area contributed by atoms with Crippen LogP contribution in [0.4, 0.5) is 0 Å². The number of aromatic nitrogens is 2. The first-order valence-electron chi connectivity index (χ1n) is 8.14. The number of imidazole rings is 1. The quantitative estimate of drug-likeness (QED) is 0.595. The molecule has 2 aromatic heterocycles. The van der Waals surface area contributed by atoms with E-state index in [4.69, 9.17) is 11.6 Å². The summed E-state index contributed by atoms with van der Waals surface area (Å²) in [6, 6.07) is 13.8.